The van der Waals surface area contributed by atoms with Crippen molar-refractivity contribution in [2.24, 2.45) is 0 Å². The summed E-state index contributed by atoms with van der Waals surface area (Å²) in [4.78, 5) is 1.18. The lowest BCUT2D eigenvalue weighted by Gasteiger charge is -2.05. The third-order valence-corrected chi connectivity index (χ3v) is 6.47. The molecule has 0 atom stereocenters. The maximum Gasteiger partial charge on any atom is 0.123 e. The van der Waals surface area contributed by atoms with Crippen LogP contribution in [0.25, 0.3) is 10.4 Å². The maximum atomic E-state index is 13.0. The van der Waals surface area contributed by atoms with Gasteiger partial charge in [0.25, 0.3) is 0 Å². The van der Waals surface area contributed by atoms with E-state index in [1.165, 1.54) is 35.9 Å². The fraction of sp³-hybridized carbons (Fsp3) is 0.111. The highest BCUT2D eigenvalue weighted by atomic mass is 127. The number of halogens is 2. The smallest absolute Gasteiger partial charge is 0.123 e. The minimum Gasteiger partial charge on any atom is -0.207 e. The Labute approximate surface area is 151 Å². The molecule has 0 bridgehead atoms. The summed E-state index contributed by atoms with van der Waals surface area (Å²) in [6.45, 7) is 2.16. The Morgan fingerprint density at radius 3 is 2.59 bits per heavy atom. The number of rotatable bonds is 4. The Balaban J connectivity index is 1.72. The molecule has 0 unspecified atom stereocenters. The minimum absolute atomic E-state index is 0.191. The van der Waals surface area contributed by atoms with Gasteiger partial charge in [0.15, 0.2) is 0 Å². The van der Waals surface area contributed by atoms with Crippen molar-refractivity contribution in [3.63, 3.8) is 0 Å². The first kappa shape index (κ1) is 16.0. The summed E-state index contributed by atoms with van der Waals surface area (Å²) in [5, 5.41) is 0. The topological polar surface area (TPSA) is 0 Å². The van der Waals surface area contributed by atoms with Gasteiger partial charge in [-0.15, -0.1) is 23.1 Å². The van der Waals surface area contributed by atoms with E-state index in [2.05, 4.69) is 59.8 Å². The van der Waals surface area contributed by atoms with E-state index in [-0.39, 0.29) is 5.82 Å². The van der Waals surface area contributed by atoms with Gasteiger partial charge in [0.1, 0.15) is 5.82 Å². The normalized spacial score (nSPS) is 10.9. The van der Waals surface area contributed by atoms with E-state index in [9.17, 15) is 4.39 Å². The number of benzene rings is 2. The molecule has 0 nitrogen and oxygen atoms in total. The molecule has 0 amide bonds. The van der Waals surface area contributed by atoms with Crippen molar-refractivity contribution in [2.45, 2.75) is 16.9 Å². The number of hydrogen-bond acceptors (Lipinski definition) is 2. The molecule has 0 saturated carbocycles. The van der Waals surface area contributed by atoms with Crippen molar-refractivity contribution >= 4 is 45.7 Å². The lowest BCUT2D eigenvalue weighted by atomic mass is 10.1. The van der Waals surface area contributed by atoms with Crippen LogP contribution >= 0.6 is 45.7 Å². The molecule has 0 aliphatic rings. The van der Waals surface area contributed by atoms with E-state index in [0.717, 1.165) is 11.3 Å². The van der Waals surface area contributed by atoms with E-state index in [4.69, 9.17) is 0 Å². The van der Waals surface area contributed by atoms with Crippen LogP contribution in [-0.4, -0.2) is 0 Å². The van der Waals surface area contributed by atoms with Crippen LogP contribution in [-0.2, 0) is 5.75 Å². The van der Waals surface area contributed by atoms with Crippen LogP contribution in [0, 0.1) is 16.3 Å². The first-order valence-corrected chi connectivity index (χ1v) is 9.73. The molecule has 2 aromatic carbocycles. The van der Waals surface area contributed by atoms with Crippen molar-refractivity contribution in [3.8, 4) is 10.4 Å². The van der Waals surface area contributed by atoms with Crippen molar-refractivity contribution in [1.82, 2.24) is 0 Å². The highest BCUT2D eigenvalue weighted by Gasteiger charge is 2.06. The number of thioether (sulfide) groups is 1. The van der Waals surface area contributed by atoms with Crippen LogP contribution in [0.4, 0.5) is 4.39 Å². The van der Waals surface area contributed by atoms with Gasteiger partial charge >= 0.3 is 0 Å². The second-order valence-corrected chi connectivity index (χ2v) is 8.59. The first-order chi connectivity index (χ1) is 10.6. The lowest BCUT2D eigenvalue weighted by molar-refractivity contribution is 0.628. The summed E-state index contributed by atoms with van der Waals surface area (Å²) < 4.78 is 15.5. The van der Waals surface area contributed by atoms with Crippen molar-refractivity contribution in [2.75, 3.05) is 0 Å². The summed E-state index contributed by atoms with van der Waals surface area (Å²) in [5.41, 5.74) is 3.79. The molecule has 0 radical (unpaired) electrons. The molecular weight excluding hydrogens is 426 g/mol. The zero-order valence-corrected chi connectivity index (χ0v) is 15.8. The molecule has 0 N–H and O–H groups in total. The quantitative estimate of drug-likeness (QED) is 0.319. The van der Waals surface area contributed by atoms with Crippen molar-refractivity contribution < 1.29 is 4.39 Å². The standard InChI is InChI=1S/C18H14FIS2/c1-12-2-7-16(20)10-14(12)11-21-18-9-8-17(22-18)13-3-5-15(19)6-4-13/h2-10H,11H2,1H3. The summed E-state index contributed by atoms with van der Waals surface area (Å²) >= 11 is 5.97. The van der Waals surface area contributed by atoms with Crippen molar-refractivity contribution in [1.29, 1.82) is 0 Å². The second kappa shape index (κ2) is 7.15. The van der Waals surface area contributed by atoms with Gasteiger partial charge in [0.05, 0.1) is 4.21 Å². The van der Waals surface area contributed by atoms with Crippen molar-refractivity contribution in [3.05, 3.63) is 75.1 Å². The van der Waals surface area contributed by atoms with E-state index in [1.54, 1.807) is 11.3 Å². The molecule has 112 valence electrons. The molecule has 3 aromatic rings. The molecule has 0 saturated heterocycles. The molecule has 3 rings (SSSR count). The molecular formula is C18H14FIS2. The van der Waals surface area contributed by atoms with Crippen LogP contribution in [0.3, 0.4) is 0 Å². The van der Waals surface area contributed by atoms with Crippen LogP contribution < -0.4 is 0 Å². The third kappa shape index (κ3) is 3.91. The average Bonchev–Trinajstić information content (AvgIpc) is 2.98. The van der Waals surface area contributed by atoms with E-state index in [1.807, 2.05) is 23.9 Å². The van der Waals surface area contributed by atoms with Crippen LogP contribution in [0.15, 0.2) is 58.8 Å². The molecule has 22 heavy (non-hydrogen) atoms. The van der Waals surface area contributed by atoms with E-state index >= 15 is 0 Å². The molecule has 0 fully saturated rings. The fourth-order valence-electron chi connectivity index (χ4n) is 2.11. The van der Waals surface area contributed by atoms with Gasteiger partial charge in [-0.3, -0.25) is 0 Å². The fourth-order valence-corrected chi connectivity index (χ4v) is 4.86. The van der Waals surface area contributed by atoms with Gasteiger partial charge in [0, 0.05) is 14.2 Å². The predicted octanol–water partition coefficient (Wildman–Crippen LogP) is 6.76. The second-order valence-electron chi connectivity index (χ2n) is 4.99. The molecule has 0 aliphatic heterocycles. The first-order valence-electron chi connectivity index (χ1n) is 6.85. The van der Waals surface area contributed by atoms with Gasteiger partial charge in [-0.05, 0) is 82.6 Å². The van der Waals surface area contributed by atoms with Crippen LogP contribution in [0.1, 0.15) is 11.1 Å². The molecule has 0 aliphatic carbocycles. The molecule has 1 heterocycles. The van der Waals surface area contributed by atoms with Gasteiger partial charge in [0.2, 0.25) is 0 Å². The lowest BCUT2D eigenvalue weighted by Crippen LogP contribution is -1.86. The average molecular weight is 440 g/mol. The number of thiophene rings is 1. The van der Waals surface area contributed by atoms with Gasteiger partial charge in [-0.2, -0.15) is 0 Å². The molecule has 4 heteroatoms. The summed E-state index contributed by atoms with van der Waals surface area (Å²) in [5.74, 6) is 0.788. The highest BCUT2D eigenvalue weighted by Crippen LogP contribution is 2.35. The predicted molar refractivity (Wildman–Crippen MR) is 103 cm³/mol. The Hall–Kier alpha value is -0.850. The number of hydrogen-bond donors (Lipinski definition) is 0. The van der Waals surface area contributed by atoms with Gasteiger partial charge in [-0.25, -0.2) is 4.39 Å². The van der Waals surface area contributed by atoms with Gasteiger partial charge in [-0.1, -0.05) is 18.2 Å². The van der Waals surface area contributed by atoms with Gasteiger partial charge < -0.3 is 0 Å². The van der Waals surface area contributed by atoms with E-state index < -0.39 is 0 Å². The SMILES string of the molecule is Cc1ccc(I)cc1CSc1ccc(-c2ccc(F)cc2)s1. The molecule has 0 spiro atoms. The zero-order chi connectivity index (χ0) is 15.5. The number of aryl methyl sites for hydroxylation is 1. The molecule has 1 aromatic heterocycles. The Bertz CT molecular complexity index is 778. The summed E-state index contributed by atoms with van der Waals surface area (Å²) in [7, 11) is 0. The summed E-state index contributed by atoms with van der Waals surface area (Å²) in [6.07, 6.45) is 0. The minimum atomic E-state index is -0.191. The zero-order valence-electron chi connectivity index (χ0n) is 12.0. The largest absolute Gasteiger partial charge is 0.207 e. The Morgan fingerprint density at radius 2 is 1.82 bits per heavy atom. The monoisotopic (exact) mass is 440 g/mol. The summed E-state index contributed by atoms with van der Waals surface area (Å²) in [6, 6.07) is 17.5. The third-order valence-electron chi connectivity index (χ3n) is 3.39. The Kier molecular flexibility index (Phi) is 5.21. The van der Waals surface area contributed by atoms with E-state index in [0.29, 0.717) is 0 Å². The maximum absolute atomic E-state index is 13.0. The van der Waals surface area contributed by atoms with Crippen LogP contribution in [0.5, 0.6) is 0 Å². The van der Waals surface area contributed by atoms with Crippen LogP contribution in [0.2, 0.25) is 0 Å². The Morgan fingerprint density at radius 1 is 1.05 bits per heavy atom. The highest BCUT2D eigenvalue weighted by molar-refractivity contribution is 14.1.